The molecule has 1 saturated heterocycles. The fraction of sp³-hybridized carbons (Fsp3) is 0.824. The van der Waals surface area contributed by atoms with Crippen LogP contribution >= 0.6 is 11.8 Å². The normalized spacial score (nSPS) is 20.6. The molecule has 1 rings (SSSR count). The second-order valence-corrected chi connectivity index (χ2v) is 9.55. The molecule has 0 radical (unpaired) electrons. The van der Waals surface area contributed by atoms with Crippen molar-refractivity contribution in [2.45, 2.75) is 70.5 Å². The molecule has 0 aromatic carbocycles. The van der Waals surface area contributed by atoms with Crippen LogP contribution in [0.15, 0.2) is 0 Å². The summed E-state index contributed by atoms with van der Waals surface area (Å²) in [5.41, 5.74) is -1.23. The van der Waals surface area contributed by atoms with Crippen LogP contribution < -0.4 is 5.32 Å². The largest absolute Gasteiger partial charge is 0.480 e. The molecule has 0 spiro atoms. The van der Waals surface area contributed by atoms with E-state index in [0.29, 0.717) is 25.3 Å². The Balaban J connectivity index is 2.46. The van der Waals surface area contributed by atoms with E-state index in [4.69, 9.17) is 9.47 Å². The number of carboxylic acid groups (broad SMARTS) is 1. The van der Waals surface area contributed by atoms with Crippen molar-refractivity contribution in [3.8, 4) is 0 Å². The van der Waals surface area contributed by atoms with Gasteiger partial charge in [-0.3, -0.25) is 4.90 Å². The molecule has 26 heavy (non-hydrogen) atoms. The number of carbonyl (C=O) groups is 3. The molecule has 0 unspecified atom stereocenters. The van der Waals surface area contributed by atoms with Crippen LogP contribution in [-0.2, 0) is 14.3 Å². The van der Waals surface area contributed by atoms with Gasteiger partial charge in [0.15, 0.2) is 0 Å². The third-order valence-corrected chi connectivity index (χ3v) is 4.55. The Hall–Kier alpha value is -1.64. The summed E-state index contributed by atoms with van der Waals surface area (Å²) in [6.45, 7) is 11.3. The molecule has 0 aliphatic carbocycles. The van der Waals surface area contributed by atoms with Gasteiger partial charge in [0, 0.05) is 24.1 Å². The van der Waals surface area contributed by atoms with Gasteiger partial charge in [-0.2, -0.15) is 11.8 Å². The first-order chi connectivity index (χ1) is 11.8. The number of hydrogen-bond acceptors (Lipinski definition) is 6. The zero-order valence-electron chi connectivity index (χ0n) is 16.3. The molecule has 150 valence electrons. The lowest BCUT2D eigenvalue weighted by molar-refractivity contribution is -0.142. The molecule has 1 fully saturated rings. The number of nitrogens with one attached hydrogen (secondary N) is 1. The molecule has 2 amide bonds. The molecule has 0 saturated carbocycles. The minimum absolute atomic E-state index is 0.0240. The third kappa shape index (κ3) is 8.16. The highest BCUT2D eigenvalue weighted by Crippen LogP contribution is 2.29. The molecule has 1 heterocycles. The van der Waals surface area contributed by atoms with E-state index in [1.165, 1.54) is 16.7 Å². The van der Waals surface area contributed by atoms with E-state index in [1.807, 2.05) is 0 Å². The molecular formula is C17H30N2O6S. The summed E-state index contributed by atoms with van der Waals surface area (Å²) in [5.74, 6) is -0.441. The number of hydrogen-bond donors (Lipinski definition) is 2. The Morgan fingerprint density at radius 2 is 1.69 bits per heavy atom. The lowest BCUT2D eigenvalue weighted by Crippen LogP contribution is -2.43. The molecule has 8 nitrogen and oxygen atoms in total. The zero-order chi connectivity index (χ0) is 20.1. The fourth-order valence-electron chi connectivity index (χ4n) is 2.37. The Morgan fingerprint density at radius 1 is 1.12 bits per heavy atom. The second kappa shape index (κ2) is 8.83. The molecule has 9 heteroatoms. The monoisotopic (exact) mass is 390 g/mol. The van der Waals surface area contributed by atoms with Gasteiger partial charge in [-0.15, -0.1) is 0 Å². The molecular weight excluding hydrogens is 360 g/mol. The van der Waals surface area contributed by atoms with Crippen LogP contribution in [-0.4, -0.2) is 69.5 Å². The first-order valence-electron chi connectivity index (χ1n) is 8.59. The van der Waals surface area contributed by atoms with E-state index in [2.05, 4.69) is 5.32 Å². The first kappa shape index (κ1) is 22.4. The smallest absolute Gasteiger partial charge is 0.411 e. The van der Waals surface area contributed by atoms with Crippen LogP contribution in [0.2, 0.25) is 0 Å². The highest BCUT2D eigenvalue weighted by atomic mass is 32.2. The predicted molar refractivity (Wildman–Crippen MR) is 99.5 cm³/mol. The molecule has 0 bridgehead atoms. The van der Waals surface area contributed by atoms with E-state index in [1.54, 1.807) is 41.5 Å². The summed E-state index contributed by atoms with van der Waals surface area (Å²) in [5, 5.41) is 12.0. The summed E-state index contributed by atoms with van der Waals surface area (Å²) >= 11 is 1.52. The van der Waals surface area contributed by atoms with Gasteiger partial charge in [-0.1, -0.05) is 0 Å². The topological polar surface area (TPSA) is 105 Å². The van der Waals surface area contributed by atoms with Crippen LogP contribution in [0.3, 0.4) is 0 Å². The van der Waals surface area contributed by atoms with Gasteiger partial charge in [0.25, 0.3) is 0 Å². The Kier molecular flexibility index (Phi) is 7.61. The van der Waals surface area contributed by atoms with Gasteiger partial charge in [0.1, 0.15) is 17.2 Å². The maximum Gasteiger partial charge on any atom is 0.411 e. The molecule has 1 aliphatic rings. The SMILES string of the molecule is CC(C)(C)OC(=O)NCCS[C@@H]1C[C@@H](C(=O)O)N(C(=O)OC(C)(C)C)C1. The van der Waals surface area contributed by atoms with Crippen molar-refractivity contribution >= 4 is 29.9 Å². The summed E-state index contributed by atoms with van der Waals surface area (Å²) in [6, 6.07) is -0.888. The summed E-state index contributed by atoms with van der Waals surface area (Å²) < 4.78 is 10.4. The average Bonchev–Trinajstić information content (AvgIpc) is 2.84. The molecule has 0 aromatic heterocycles. The zero-order valence-corrected chi connectivity index (χ0v) is 17.1. The molecule has 2 atom stereocenters. The van der Waals surface area contributed by atoms with Crippen LogP contribution in [0.4, 0.5) is 9.59 Å². The number of rotatable bonds is 5. The average molecular weight is 391 g/mol. The highest BCUT2D eigenvalue weighted by molar-refractivity contribution is 7.99. The van der Waals surface area contributed by atoms with E-state index in [-0.39, 0.29) is 5.25 Å². The van der Waals surface area contributed by atoms with Gasteiger partial charge < -0.3 is 19.9 Å². The van der Waals surface area contributed by atoms with Crippen LogP contribution in [0.25, 0.3) is 0 Å². The van der Waals surface area contributed by atoms with E-state index in [9.17, 15) is 19.5 Å². The first-order valence-corrected chi connectivity index (χ1v) is 9.64. The molecule has 0 aromatic rings. The minimum atomic E-state index is -1.04. The number of carboxylic acids is 1. The van der Waals surface area contributed by atoms with Crippen LogP contribution in [0.5, 0.6) is 0 Å². The summed E-state index contributed by atoms with van der Waals surface area (Å²) in [6.07, 6.45) is -0.741. The number of thioether (sulfide) groups is 1. The van der Waals surface area contributed by atoms with E-state index >= 15 is 0 Å². The number of carbonyl (C=O) groups excluding carboxylic acids is 2. The predicted octanol–water partition coefficient (Wildman–Crippen LogP) is 2.71. The van der Waals surface area contributed by atoms with Crippen molar-refractivity contribution < 1.29 is 29.0 Å². The van der Waals surface area contributed by atoms with Crippen molar-refractivity contribution in [2.24, 2.45) is 0 Å². The third-order valence-electron chi connectivity index (χ3n) is 3.30. The van der Waals surface area contributed by atoms with Crippen molar-refractivity contribution in [2.75, 3.05) is 18.8 Å². The number of ether oxygens (including phenoxy) is 2. The van der Waals surface area contributed by atoms with Crippen LogP contribution in [0, 0.1) is 0 Å². The number of nitrogens with zero attached hydrogens (tertiary/aromatic N) is 1. The second-order valence-electron chi connectivity index (χ2n) is 8.14. The number of alkyl carbamates (subject to hydrolysis) is 1. The molecule has 1 aliphatic heterocycles. The van der Waals surface area contributed by atoms with E-state index < -0.39 is 35.4 Å². The number of aliphatic carboxylic acids is 1. The van der Waals surface area contributed by atoms with Crippen molar-refractivity contribution in [1.29, 1.82) is 0 Å². The minimum Gasteiger partial charge on any atom is -0.480 e. The van der Waals surface area contributed by atoms with Gasteiger partial charge >= 0.3 is 18.2 Å². The van der Waals surface area contributed by atoms with Gasteiger partial charge in [0.2, 0.25) is 0 Å². The van der Waals surface area contributed by atoms with Gasteiger partial charge in [0.05, 0.1) is 0 Å². The van der Waals surface area contributed by atoms with Gasteiger partial charge in [-0.25, -0.2) is 14.4 Å². The van der Waals surface area contributed by atoms with Crippen LogP contribution in [0.1, 0.15) is 48.0 Å². The maximum absolute atomic E-state index is 12.2. The van der Waals surface area contributed by atoms with Crippen molar-refractivity contribution in [1.82, 2.24) is 10.2 Å². The van der Waals surface area contributed by atoms with Gasteiger partial charge in [-0.05, 0) is 48.0 Å². The quantitative estimate of drug-likeness (QED) is 0.695. The summed E-state index contributed by atoms with van der Waals surface area (Å²) in [4.78, 5) is 36.5. The van der Waals surface area contributed by atoms with E-state index in [0.717, 1.165) is 0 Å². The lowest BCUT2D eigenvalue weighted by atomic mass is 10.2. The maximum atomic E-state index is 12.2. The standard InChI is InChI=1S/C17H30N2O6S/c1-16(2,3)24-14(22)18-7-8-26-11-9-12(13(20)21)19(10-11)15(23)25-17(4,5)6/h11-12H,7-10H2,1-6H3,(H,18,22)(H,20,21)/t11-,12+/m1/s1. The van der Waals surface area contributed by atoms with Crippen molar-refractivity contribution in [3.63, 3.8) is 0 Å². The lowest BCUT2D eigenvalue weighted by Gasteiger charge is -2.26. The summed E-state index contributed by atoms with van der Waals surface area (Å²) in [7, 11) is 0. The number of amides is 2. The number of likely N-dealkylation sites (tertiary alicyclic amines) is 1. The van der Waals surface area contributed by atoms with Crippen molar-refractivity contribution in [3.05, 3.63) is 0 Å². The molecule has 2 N–H and O–H groups in total. The Morgan fingerprint density at radius 3 is 2.19 bits per heavy atom. The Labute approximate surface area is 159 Å². The fourth-order valence-corrected chi connectivity index (χ4v) is 3.51. The highest BCUT2D eigenvalue weighted by Gasteiger charge is 2.41. The Bertz CT molecular complexity index is 526.